The third-order valence-corrected chi connectivity index (χ3v) is 2.16. The predicted molar refractivity (Wildman–Crippen MR) is 60.9 cm³/mol. The first-order chi connectivity index (χ1) is 8.79. The zero-order valence-electron chi connectivity index (χ0n) is 10.2. The van der Waals surface area contributed by atoms with Gasteiger partial charge in [-0.25, -0.2) is 0 Å². The van der Waals surface area contributed by atoms with Crippen LogP contribution in [0.3, 0.4) is 0 Å². The predicted octanol–water partition coefficient (Wildman–Crippen LogP) is 0.694. The van der Waals surface area contributed by atoms with Crippen molar-refractivity contribution in [3.63, 3.8) is 0 Å². The van der Waals surface area contributed by atoms with E-state index in [-0.39, 0.29) is 24.3 Å². The molecule has 0 saturated heterocycles. The number of amides is 1. The van der Waals surface area contributed by atoms with Crippen molar-refractivity contribution in [1.29, 1.82) is 0 Å². The average molecular weight is 278 g/mol. The number of nitrogens with one attached hydrogen (secondary N) is 1. The maximum atomic E-state index is 11.7. The molecule has 5 nitrogen and oxygen atoms in total. The second kappa shape index (κ2) is 6.37. The number of rotatable bonds is 5. The van der Waals surface area contributed by atoms with Crippen LogP contribution in [0.2, 0.25) is 0 Å². The molecule has 1 N–H and O–H groups in total. The van der Waals surface area contributed by atoms with Crippen LogP contribution in [-0.2, 0) is 11.8 Å². The highest BCUT2D eigenvalue weighted by atomic mass is 19.4. The van der Waals surface area contributed by atoms with E-state index >= 15 is 0 Å². The number of aromatic nitrogens is 1. The molecule has 0 aliphatic carbocycles. The number of nitrogens with zero attached hydrogens (tertiary/aromatic N) is 1. The molecule has 1 rings (SSSR count). The molecule has 0 aliphatic heterocycles. The summed E-state index contributed by atoms with van der Waals surface area (Å²) in [7, 11) is 1.54. The topological polar surface area (TPSA) is 60.3 Å². The van der Waals surface area contributed by atoms with Gasteiger partial charge >= 0.3 is 6.18 Å². The van der Waals surface area contributed by atoms with Crippen molar-refractivity contribution in [2.24, 2.45) is 7.05 Å². The molecule has 106 valence electrons. The molecule has 0 atom stereocenters. The molecule has 19 heavy (non-hydrogen) atoms. The van der Waals surface area contributed by atoms with Gasteiger partial charge in [-0.1, -0.05) is 0 Å². The molecule has 0 bridgehead atoms. The van der Waals surface area contributed by atoms with Crippen molar-refractivity contribution in [3.05, 3.63) is 34.2 Å². The first-order valence-corrected chi connectivity index (χ1v) is 5.39. The molecule has 0 fully saturated rings. The van der Waals surface area contributed by atoms with Gasteiger partial charge in [0.25, 0.3) is 11.5 Å². The lowest BCUT2D eigenvalue weighted by Gasteiger charge is -2.08. The van der Waals surface area contributed by atoms with Crippen LogP contribution >= 0.6 is 0 Å². The largest absolute Gasteiger partial charge is 0.411 e. The first-order valence-electron chi connectivity index (χ1n) is 5.39. The molecule has 1 aromatic heterocycles. The summed E-state index contributed by atoms with van der Waals surface area (Å²) in [6.45, 7) is -1.67. The van der Waals surface area contributed by atoms with Crippen LogP contribution in [0.1, 0.15) is 10.4 Å². The fourth-order valence-electron chi connectivity index (χ4n) is 1.22. The Morgan fingerprint density at radius 1 is 1.47 bits per heavy atom. The molecule has 8 heteroatoms. The zero-order valence-corrected chi connectivity index (χ0v) is 10.2. The summed E-state index contributed by atoms with van der Waals surface area (Å²) < 4.78 is 40.8. The van der Waals surface area contributed by atoms with Crippen LogP contribution in [0.25, 0.3) is 0 Å². The lowest BCUT2D eigenvalue weighted by atomic mass is 10.2. The van der Waals surface area contributed by atoms with Gasteiger partial charge in [0.05, 0.1) is 6.61 Å². The number of halogens is 3. The Bertz CT molecular complexity index is 497. The Labute approximate surface area is 107 Å². The van der Waals surface area contributed by atoms with Crippen LogP contribution < -0.4 is 10.9 Å². The van der Waals surface area contributed by atoms with Crippen molar-refractivity contribution in [1.82, 2.24) is 9.88 Å². The lowest BCUT2D eigenvalue weighted by molar-refractivity contribution is -0.173. The van der Waals surface area contributed by atoms with E-state index < -0.39 is 18.7 Å². The lowest BCUT2D eigenvalue weighted by Crippen LogP contribution is -2.30. The Morgan fingerprint density at radius 2 is 2.16 bits per heavy atom. The normalized spacial score (nSPS) is 11.4. The maximum Gasteiger partial charge on any atom is 0.411 e. The molecule has 1 aromatic rings. The molecule has 0 radical (unpaired) electrons. The number of hydrogen-bond acceptors (Lipinski definition) is 3. The monoisotopic (exact) mass is 278 g/mol. The van der Waals surface area contributed by atoms with Crippen molar-refractivity contribution < 1.29 is 22.7 Å². The highest BCUT2D eigenvalue weighted by Gasteiger charge is 2.27. The van der Waals surface area contributed by atoms with E-state index in [1.807, 2.05) is 0 Å². The van der Waals surface area contributed by atoms with Crippen molar-refractivity contribution in [2.75, 3.05) is 19.8 Å². The van der Waals surface area contributed by atoms with Crippen LogP contribution in [0.5, 0.6) is 0 Å². The van der Waals surface area contributed by atoms with E-state index in [1.54, 1.807) is 0 Å². The summed E-state index contributed by atoms with van der Waals surface area (Å²) in [6, 6.07) is 2.58. The number of hydrogen-bond donors (Lipinski definition) is 1. The number of pyridine rings is 1. The molecule has 0 unspecified atom stereocenters. The SMILES string of the molecule is Cn1ccc(C(=O)NCCOCC(F)(F)F)cc1=O. The molecule has 0 spiro atoms. The second-order valence-electron chi connectivity index (χ2n) is 3.79. The number of alkyl halides is 3. The average Bonchev–Trinajstić information content (AvgIpc) is 2.30. The molecule has 1 heterocycles. The number of carbonyl (C=O) groups excluding carboxylic acids is 1. The fourth-order valence-corrected chi connectivity index (χ4v) is 1.22. The molecular formula is C11H13F3N2O3. The van der Waals surface area contributed by atoms with E-state index in [9.17, 15) is 22.8 Å². The number of ether oxygens (including phenoxy) is 1. The fraction of sp³-hybridized carbons (Fsp3) is 0.455. The molecule has 1 amide bonds. The van der Waals surface area contributed by atoms with Gasteiger partial charge in [0.1, 0.15) is 6.61 Å². The Balaban J connectivity index is 2.35. The minimum absolute atomic E-state index is 0.0654. The van der Waals surface area contributed by atoms with E-state index in [2.05, 4.69) is 10.1 Å². The number of aryl methyl sites for hydroxylation is 1. The van der Waals surface area contributed by atoms with Crippen molar-refractivity contribution in [2.45, 2.75) is 6.18 Å². The number of carbonyl (C=O) groups is 1. The van der Waals surface area contributed by atoms with E-state index in [0.29, 0.717) is 0 Å². The van der Waals surface area contributed by atoms with E-state index in [0.717, 1.165) is 6.07 Å². The summed E-state index contributed by atoms with van der Waals surface area (Å²) in [5, 5.41) is 2.35. The van der Waals surface area contributed by atoms with Crippen molar-refractivity contribution >= 4 is 5.91 Å². The quantitative estimate of drug-likeness (QED) is 0.806. The maximum absolute atomic E-state index is 11.7. The summed E-state index contributed by atoms with van der Waals surface area (Å²) in [6.07, 6.45) is -2.95. The highest BCUT2D eigenvalue weighted by Crippen LogP contribution is 2.13. The molecule has 0 saturated carbocycles. The Hall–Kier alpha value is -1.83. The van der Waals surface area contributed by atoms with Crippen LogP contribution in [-0.4, -0.2) is 36.4 Å². The van der Waals surface area contributed by atoms with Crippen LogP contribution in [0.15, 0.2) is 23.1 Å². The van der Waals surface area contributed by atoms with Gasteiger partial charge in [0.2, 0.25) is 0 Å². The summed E-state index contributed by atoms with van der Waals surface area (Å²) in [4.78, 5) is 22.8. The van der Waals surface area contributed by atoms with Gasteiger partial charge in [0.15, 0.2) is 0 Å². The minimum atomic E-state index is -4.38. The van der Waals surface area contributed by atoms with E-state index in [1.165, 1.54) is 23.9 Å². The summed E-state index contributed by atoms with van der Waals surface area (Å²) in [5.41, 5.74) is -0.195. The molecular weight excluding hydrogens is 265 g/mol. The van der Waals surface area contributed by atoms with Gasteiger partial charge in [-0.05, 0) is 6.07 Å². The van der Waals surface area contributed by atoms with Crippen LogP contribution in [0, 0.1) is 0 Å². The summed E-state index contributed by atoms with van der Waals surface area (Å²) in [5.74, 6) is -0.534. The Kier molecular flexibility index (Phi) is 5.11. The highest BCUT2D eigenvalue weighted by molar-refractivity contribution is 5.93. The van der Waals surface area contributed by atoms with Gasteiger partial charge in [0, 0.05) is 31.4 Å². The standard InChI is InChI=1S/C11H13F3N2O3/c1-16-4-2-8(6-9(16)17)10(18)15-3-5-19-7-11(12,13)14/h2,4,6H,3,5,7H2,1H3,(H,15,18). The molecule has 0 aliphatic rings. The first kappa shape index (κ1) is 15.2. The summed E-state index contributed by atoms with van der Waals surface area (Å²) >= 11 is 0. The minimum Gasteiger partial charge on any atom is -0.370 e. The smallest absolute Gasteiger partial charge is 0.370 e. The van der Waals surface area contributed by atoms with Gasteiger partial charge in [-0.15, -0.1) is 0 Å². The van der Waals surface area contributed by atoms with Gasteiger partial charge < -0.3 is 14.6 Å². The van der Waals surface area contributed by atoms with Gasteiger partial charge in [-0.3, -0.25) is 9.59 Å². The second-order valence-corrected chi connectivity index (χ2v) is 3.79. The molecule has 0 aromatic carbocycles. The third-order valence-electron chi connectivity index (χ3n) is 2.16. The van der Waals surface area contributed by atoms with E-state index in [4.69, 9.17) is 0 Å². The zero-order chi connectivity index (χ0) is 14.5. The third kappa shape index (κ3) is 5.56. The van der Waals surface area contributed by atoms with Gasteiger partial charge in [-0.2, -0.15) is 13.2 Å². The van der Waals surface area contributed by atoms with Crippen molar-refractivity contribution in [3.8, 4) is 0 Å². The Morgan fingerprint density at radius 3 is 2.74 bits per heavy atom. The van der Waals surface area contributed by atoms with Crippen LogP contribution in [0.4, 0.5) is 13.2 Å².